The lowest BCUT2D eigenvalue weighted by molar-refractivity contribution is -0.121. The number of anilines is 1. The highest BCUT2D eigenvalue weighted by Crippen LogP contribution is 2.19. The zero-order valence-electron chi connectivity index (χ0n) is 13.6. The minimum atomic E-state index is 0.0697. The predicted molar refractivity (Wildman–Crippen MR) is 92.0 cm³/mol. The summed E-state index contributed by atoms with van der Waals surface area (Å²) in [5, 5.41) is 6.32. The van der Waals surface area contributed by atoms with Crippen molar-refractivity contribution < 1.29 is 4.79 Å². The SMILES string of the molecule is Cc1cccc(CNC(=O)CCNc2c(C)cccc2C)c1. The predicted octanol–water partition coefficient (Wildman–Crippen LogP) is 3.73. The van der Waals surface area contributed by atoms with Gasteiger partial charge >= 0.3 is 0 Å². The van der Waals surface area contributed by atoms with E-state index in [4.69, 9.17) is 0 Å². The van der Waals surface area contributed by atoms with Gasteiger partial charge in [0.05, 0.1) is 0 Å². The lowest BCUT2D eigenvalue weighted by Crippen LogP contribution is -2.25. The summed E-state index contributed by atoms with van der Waals surface area (Å²) in [5.74, 6) is 0.0697. The molecule has 0 aliphatic rings. The van der Waals surface area contributed by atoms with Crippen LogP contribution in [0, 0.1) is 20.8 Å². The molecule has 2 aromatic carbocycles. The normalized spacial score (nSPS) is 10.3. The molecule has 0 saturated carbocycles. The van der Waals surface area contributed by atoms with Crippen molar-refractivity contribution in [1.29, 1.82) is 0 Å². The largest absolute Gasteiger partial charge is 0.384 e. The van der Waals surface area contributed by atoms with Crippen molar-refractivity contribution in [1.82, 2.24) is 5.32 Å². The molecular weight excluding hydrogens is 272 g/mol. The molecule has 0 atom stereocenters. The molecule has 0 aliphatic carbocycles. The Labute approximate surface area is 132 Å². The lowest BCUT2D eigenvalue weighted by Gasteiger charge is -2.12. The van der Waals surface area contributed by atoms with Crippen LogP contribution in [0.3, 0.4) is 0 Å². The second-order valence-electron chi connectivity index (χ2n) is 5.71. The average molecular weight is 296 g/mol. The van der Waals surface area contributed by atoms with Crippen LogP contribution in [0.25, 0.3) is 0 Å². The second-order valence-corrected chi connectivity index (χ2v) is 5.71. The van der Waals surface area contributed by atoms with E-state index in [9.17, 15) is 4.79 Å². The van der Waals surface area contributed by atoms with E-state index < -0.39 is 0 Å². The molecule has 0 radical (unpaired) electrons. The summed E-state index contributed by atoms with van der Waals surface area (Å²) in [6, 6.07) is 14.4. The summed E-state index contributed by atoms with van der Waals surface area (Å²) in [6.07, 6.45) is 0.472. The molecule has 2 rings (SSSR count). The van der Waals surface area contributed by atoms with E-state index in [-0.39, 0.29) is 5.91 Å². The zero-order chi connectivity index (χ0) is 15.9. The third-order valence-electron chi connectivity index (χ3n) is 3.71. The molecule has 22 heavy (non-hydrogen) atoms. The number of aryl methyl sites for hydroxylation is 3. The van der Waals surface area contributed by atoms with Gasteiger partial charge in [-0.2, -0.15) is 0 Å². The van der Waals surface area contributed by atoms with Gasteiger partial charge < -0.3 is 10.6 Å². The molecule has 0 unspecified atom stereocenters. The van der Waals surface area contributed by atoms with Gasteiger partial charge in [-0.15, -0.1) is 0 Å². The number of rotatable bonds is 6. The fourth-order valence-electron chi connectivity index (χ4n) is 2.51. The van der Waals surface area contributed by atoms with Gasteiger partial charge in [-0.3, -0.25) is 4.79 Å². The summed E-state index contributed by atoms with van der Waals surface area (Å²) in [4.78, 5) is 11.9. The highest BCUT2D eigenvalue weighted by atomic mass is 16.1. The second kappa shape index (κ2) is 7.64. The lowest BCUT2D eigenvalue weighted by atomic mass is 10.1. The van der Waals surface area contributed by atoms with Gasteiger partial charge in [0.25, 0.3) is 0 Å². The van der Waals surface area contributed by atoms with Gasteiger partial charge in [-0.05, 0) is 37.5 Å². The highest BCUT2D eigenvalue weighted by molar-refractivity contribution is 5.76. The quantitative estimate of drug-likeness (QED) is 0.853. The molecule has 0 aromatic heterocycles. The van der Waals surface area contributed by atoms with Gasteiger partial charge in [0.1, 0.15) is 0 Å². The van der Waals surface area contributed by atoms with E-state index in [0.717, 1.165) is 11.3 Å². The number of carbonyl (C=O) groups excluding carboxylic acids is 1. The number of carbonyl (C=O) groups is 1. The van der Waals surface area contributed by atoms with E-state index >= 15 is 0 Å². The van der Waals surface area contributed by atoms with Crippen LogP contribution < -0.4 is 10.6 Å². The summed E-state index contributed by atoms with van der Waals surface area (Å²) < 4.78 is 0. The number of nitrogens with one attached hydrogen (secondary N) is 2. The first-order valence-electron chi connectivity index (χ1n) is 7.68. The van der Waals surface area contributed by atoms with Crippen LogP contribution in [-0.4, -0.2) is 12.5 Å². The third kappa shape index (κ3) is 4.62. The van der Waals surface area contributed by atoms with Gasteiger partial charge in [-0.1, -0.05) is 48.0 Å². The summed E-state index contributed by atoms with van der Waals surface area (Å²) in [5.41, 5.74) is 5.90. The molecule has 0 heterocycles. The van der Waals surface area contributed by atoms with Crippen LogP contribution in [0.15, 0.2) is 42.5 Å². The van der Waals surface area contributed by atoms with Crippen LogP contribution in [-0.2, 0) is 11.3 Å². The molecule has 0 saturated heterocycles. The maximum atomic E-state index is 11.9. The monoisotopic (exact) mass is 296 g/mol. The summed E-state index contributed by atoms with van der Waals surface area (Å²) in [6.45, 7) is 7.44. The van der Waals surface area contributed by atoms with Crippen LogP contribution in [0.2, 0.25) is 0 Å². The molecule has 116 valence electrons. The van der Waals surface area contributed by atoms with E-state index in [0.29, 0.717) is 19.5 Å². The minimum Gasteiger partial charge on any atom is -0.384 e. The van der Waals surface area contributed by atoms with Crippen molar-refractivity contribution in [3.63, 3.8) is 0 Å². The van der Waals surface area contributed by atoms with Crippen molar-refractivity contribution in [3.8, 4) is 0 Å². The first-order chi connectivity index (χ1) is 10.6. The topological polar surface area (TPSA) is 41.1 Å². The molecule has 2 aromatic rings. The van der Waals surface area contributed by atoms with Crippen LogP contribution >= 0.6 is 0 Å². The third-order valence-corrected chi connectivity index (χ3v) is 3.71. The van der Waals surface area contributed by atoms with Crippen molar-refractivity contribution in [2.24, 2.45) is 0 Å². The van der Waals surface area contributed by atoms with Crippen molar-refractivity contribution in [2.45, 2.75) is 33.7 Å². The molecule has 0 fully saturated rings. The Bertz CT molecular complexity index is 629. The van der Waals surface area contributed by atoms with Gasteiger partial charge in [-0.25, -0.2) is 0 Å². The first kappa shape index (κ1) is 16.1. The van der Waals surface area contributed by atoms with Crippen molar-refractivity contribution in [2.75, 3.05) is 11.9 Å². The van der Waals surface area contributed by atoms with Gasteiger partial charge in [0, 0.05) is 25.2 Å². The smallest absolute Gasteiger partial charge is 0.222 e. The van der Waals surface area contributed by atoms with Crippen LogP contribution in [0.5, 0.6) is 0 Å². The molecule has 0 bridgehead atoms. The van der Waals surface area contributed by atoms with Crippen molar-refractivity contribution in [3.05, 3.63) is 64.7 Å². The molecule has 0 spiro atoms. The Hall–Kier alpha value is -2.29. The summed E-state index contributed by atoms with van der Waals surface area (Å²) in [7, 11) is 0. The Balaban J connectivity index is 1.76. The fourth-order valence-corrected chi connectivity index (χ4v) is 2.51. The van der Waals surface area contributed by atoms with Gasteiger partial charge in [0.15, 0.2) is 0 Å². The number of amides is 1. The zero-order valence-corrected chi connectivity index (χ0v) is 13.6. The van der Waals surface area contributed by atoms with E-state index in [1.165, 1.54) is 16.7 Å². The standard InChI is InChI=1S/C19H24N2O/c1-14-6-4-9-17(12-14)13-21-18(22)10-11-20-19-15(2)7-5-8-16(19)3/h4-9,12,20H,10-11,13H2,1-3H3,(H,21,22). The number of para-hydroxylation sites is 1. The maximum Gasteiger partial charge on any atom is 0.222 e. The first-order valence-corrected chi connectivity index (χ1v) is 7.68. The maximum absolute atomic E-state index is 11.9. The molecule has 3 nitrogen and oxygen atoms in total. The number of hydrogen-bond donors (Lipinski definition) is 2. The van der Waals surface area contributed by atoms with E-state index in [2.05, 4.69) is 55.7 Å². The molecule has 1 amide bonds. The van der Waals surface area contributed by atoms with Gasteiger partial charge in [0.2, 0.25) is 5.91 Å². The fraction of sp³-hybridized carbons (Fsp3) is 0.316. The Morgan fingerprint density at radius 1 is 1.00 bits per heavy atom. The number of benzene rings is 2. The van der Waals surface area contributed by atoms with Crippen LogP contribution in [0.1, 0.15) is 28.7 Å². The molecule has 2 N–H and O–H groups in total. The molecule has 3 heteroatoms. The Morgan fingerprint density at radius 2 is 1.68 bits per heavy atom. The minimum absolute atomic E-state index is 0.0697. The number of hydrogen-bond acceptors (Lipinski definition) is 2. The molecular formula is C19H24N2O. The Morgan fingerprint density at radius 3 is 2.36 bits per heavy atom. The van der Waals surface area contributed by atoms with Crippen LogP contribution in [0.4, 0.5) is 5.69 Å². The summed E-state index contributed by atoms with van der Waals surface area (Å²) >= 11 is 0. The average Bonchev–Trinajstić information content (AvgIpc) is 2.48. The molecule has 0 aliphatic heterocycles. The van der Waals surface area contributed by atoms with E-state index in [1.807, 2.05) is 18.2 Å². The van der Waals surface area contributed by atoms with Crippen molar-refractivity contribution >= 4 is 11.6 Å². The Kier molecular flexibility index (Phi) is 5.59. The van der Waals surface area contributed by atoms with E-state index in [1.54, 1.807) is 0 Å². The highest BCUT2D eigenvalue weighted by Gasteiger charge is 2.04.